The molecule has 0 N–H and O–H groups in total. The Bertz CT molecular complexity index is 484. The largest absolute Gasteiger partial charge is 1.00 e. The van der Waals surface area contributed by atoms with Crippen molar-refractivity contribution in [3.05, 3.63) is 35.2 Å². The van der Waals surface area contributed by atoms with Crippen LogP contribution in [0.2, 0.25) is 0 Å². The summed E-state index contributed by atoms with van der Waals surface area (Å²) in [6.07, 6.45) is 8.51. The van der Waals surface area contributed by atoms with Gasteiger partial charge < -0.3 is 11.2 Å². The molecule has 1 aliphatic carbocycles. The number of fused-ring (bicyclic) bond motifs is 1. The Labute approximate surface area is 168 Å². The minimum Gasteiger partial charge on any atom is -0.487 e. The Hall–Kier alpha value is 0.685. The van der Waals surface area contributed by atoms with Gasteiger partial charge in [-0.1, -0.05) is 12.8 Å². The van der Waals surface area contributed by atoms with Crippen molar-refractivity contribution in [1.29, 1.82) is 0 Å². The van der Waals surface area contributed by atoms with E-state index in [0.29, 0.717) is 11.5 Å². The average Bonchev–Trinajstić information content (AvgIpc) is 2.46. The van der Waals surface area contributed by atoms with Gasteiger partial charge in [-0.15, -0.1) is 0 Å². The average molecular weight is 351 g/mol. The van der Waals surface area contributed by atoms with E-state index in [4.69, 9.17) is 4.74 Å². The molecule has 0 radical (unpaired) electrons. The Morgan fingerprint density at radius 2 is 1.85 bits per heavy atom. The van der Waals surface area contributed by atoms with Gasteiger partial charge in [0.1, 0.15) is 6.10 Å². The van der Waals surface area contributed by atoms with E-state index < -0.39 is 11.6 Å². The molecule has 1 saturated carbocycles. The molecule has 1 aromatic carbocycles. The zero-order chi connectivity index (χ0) is 13.4. The normalized spacial score (nSPS) is 22.6. The Kier molecular flexibility index (Phi) is 6.22. The first-order chi connectivity index (χ1) is 9.16. The molecule has 1 fully saturated rings. The second-order valence-electron chi connectivity index (χ2n) is 5.71. The first kappa shape index (κ1) is 17.0. The van der Waals surface area contributed by atoms with Crippen LogP contribution >= 0.6 is 0 Å². The van der Waals surface area contributed by atoms with Crippen LogP contribution in [0.5, 0.6) is 5.75 Å². The van der Waals surface area contributed by atoms with Crippen LogP contribution in [-0.4, -0.2) is 6.10 Å². The van der Waals surface area contributed by atoms with Crippen LogP contribution in [0.4, 0.5) is 8.78 Å². The first-order valence-corrected chi connectivity index (χ1v) is 7.12. The fourth-order valence-corrected chi connectivity index (χ4v) is 3.28. The molecule has 1 nitrogen and oxygen atoms in total. The van der Waals surface area contributed by atoms with Crippen molar-refractivity contribution in [2.45, 2.75) is 51.6 Å². The van der Waals surface area contributed by atoms with Gasteiger partial charge in [0.2, 0.25) is 5.82 Å². The molecule has 1 aromatic rings. The second kappa shape index (κ2) is 7.30. The van der Waals surface area contributed by atoms with E-state index in [1.807, 2.05) is 0 Å². The molecule has 20 heavy (non-hydrogen) atoms. The van der Waals surface area contributed by atoms with Crippen molar-refractivity contribution >= 4 is 0 Å². The van der Waals surface area contributed by atoms with Crippen LogP contribution in [0.15, 0.2) is 6.07 Å². The molecule has 1 heterocycles. The summed E-state index contributed by atoms with van der Waals surface area (Å²) in [6, 6.07) is 1.72. The summed E-state index contributed by atoms with van der Waals surface area (Å²) < 4.78 is 33.4. The maximum atomic E-state index is 14.0. The van der Waals surface area contributed by atoms with Gasteiger partial charge in [-0.3, -0.25) is 0 Å². The van der Waals surface area contributed by atoms with Crippen LogP contribution in [-0.2, 0) is 6.42 Å². The summed E-state index contributed by atoms with van der Waals surface area (Å²) in [4.78, 5) is 0. The molecule has 3 rings (SSSR count). The number of ether oxygens (including phenoxy) is 1. The van der Waals surface area contributed by atoms with E-state index in [1.54, 1.807) is 13.0 Å². The summed E-state index contributed by atoms with van der Waals surface area (Å²) >= 11 is 0. The molecular weight excluding hydrogens is 332 g/mol. The molecule has 1 unspecified atom stereocenters. The molecule has 0 amide bonds. The SMILES string of the molecule is Cc1cc2c(c(F)c1F)OC(C1CC[CH-]CC1)CC2.[Rb+]. The number of rotatable bonds is 1. The summed E-state index contributed by atoms with van der Waals surface area (Å²) in [5, 5.41) is 0. The second-order valence-corrected chi connectivity index (χ2v) is 5.71. The third kappa shape index (κ3) is 3.36. The van der Waals surface area contributed by atoms with E-state index >= 15 is 0 Å². The number of benzene rings is 1. The maximum Gasteiger partial charge on any atom is 1.00 e. The molecule has 2 aliphatic rings. The minimum atomic E-state index is -0.804. The number of halogens is 2. The van der Waals surface area contributed by atoms with Gasteiger partial charge in [-0.25, -0.2) is 4.39 Å². The van der Waals surface area contributed by atoms with Crippen LogP contribution in [0.3, 0.4) is 0 Å². The zero-order valence-corrected chi connectivity index (χ0v) is 17.1. The zero-order valence-electron chi connectivity index (χ0n) is 12.2. The molecule has 1 atom stereocenters. The Morgan fingerprint density at radius 3 is 2.55 bits per heavy atom. The van der Waals surface area contributed by atoms with E-state index in [1.165, 1.54) is 0 Å². The fraction of sp³-hybridized carbons (Fsp3) is 0.562. The number of hydrogen-bond acceptors (Lipinski definition) is 1. The predicted octanol–water partition coefficient (Wildman–Crippen LogP) is 1.37. The molecule has 4 heteroatoms. The topological polar surface area (TPSA) is 9.23 Å². The van der Waals surface area contributed by atoms with Crippen LogP contribution in [0.1, 0.15) is 43.2 Å². The summed E-state index contributed by atoms with van der Waals surface area (Å²) in [5.41, 5.74) is 1.18. The maximum absolute atomic E-state index is 14.0. The van der Waals surface area contributed by atoms with Crippen molar-refractivity contribution < 1.29 is 71.7 Å². The first-order valence-electron chi connectivity index (χ1n) is 7.12. The summed E-state index contributed by atoms with van der Waals surface area (Å²) in [7, 11) is 0. The van der Waals surface area contributed by atoms with E-state index in [0.717, 1.165) is 44.1 Å². The standard InChI is InChI=1S/C16H19F2O.Rb/c1-10-9-12-7-8-13(11-5-3-2-4-6-11)19-16(12)15(18)14(10)17;/h2,9,11,13H,3-8H2,1H3;/q-1;+1. The molecule has 0 aromatic heterocycles. The third-order valence-corrected chi connectivity index (χ3v) is 4.40. The van der Waals surface area contributed by atoms with Crippen molar-refractivity contribution in [2.24, 2.45) is 5.92 Å². The number of aryl methyl sites for hydroxylation is 2. The van der Waals surface area contributed by atoms with E-state index in [-0.39, 0.29) is 70.0 Å². The van der Waals surface area contributed by atoms with Gasteiger partial charge in [-0.05, 0) is 42.9 Å². The van der Waals surface area contributed by atoms with Gasteiger partial charge >= 0.3 is 58.2 Å². The minimum absolute atomic E-state index is 0. The monoisotopic (exact) mass is 350 g/mol. The molecule has 0 saturated heterocycles. The Balaban J connectivity index is 0.00000147. The van der Waals surface area contributed by atoms with Gasteiger partial charge in [-0.2, -0.15) is 17.2 Å². The van der Waals surface area contributed by atoms with Crippen molar-refractivity contribution in [3.63, 3.8) is 0 Å². The molecular formula is C16H19F2ORb. The van der Waals surface area contributed by atoms with Crippen molar-refractivity contribution in [1.82, 2.24) is 0 Å². The molecule has 0 bridgehead atoms. The summed E-state index contributed by atoms with van der Waals surface area (Å²) in [6.45, 7) is 1.60. The third-order valence-electron chi connectivity index (χ3n) is 4.40. The van der Waals surface area contributed by atoms with Gasteiger partial charge in [0, 0.05) is 0 Å². The van der Waals surface area contributed by atoms with E-state index in [9.17, 15) is 8.78 Å². The van der Waals surface area contributed by atoms with Crippen LogP contribution in [0.25, 0.3) is 0 Å². The van der Waals surface area contributed by atoms with Crippen LogP contribution < -0.4 is 62.9 Å². The number of hydrogen-bond donors (Lipinski definition) is 0. The van der Waals surface area contributed by atoms with Gasteiger partial charge in [0.05, 0.1) is 0 Å². The summed E-state index contributed by atoms with van der Waals surface area (Å²) in [5.74, 6) is -0.922. The quantitative estimate of drug-likeness (QED) is 0.695. The Morgan fingerprint density at radius 1 is 1.15 bits per heavy atom. The van der Waals surface area contributed by atoms with Gasteiger partial charge in [0.15, 0.2) is 11.6 Å². The van der Waals surface area contributed by atoms with Crippen molar-refractivity contribution in [2.75, 3.05) is 0 Å². The predicted molar refractivity (Wildman–Crippen MR) is 70.1 cm³/mol. The molecule has 104 valence electrons. The fourth-order valence-electron chi connectivity index (χ4n) is 3.28. The van der Waals surface area contributed by atoms with Crippen molar-refractivity contribution in [3.8, 4) is 5.75 Å². The van der Waals surface area contributed by atoms with E-state index in [2.05, 4.69) is 6.42 Å². The molecule has 1 aliphatic heterocycles. The molecule has 0 spiro atoms. The van der Waals surface area contributed by atoms with Crippen LogP contribution in [0, 0.1) is 30.9 Å². The van der Waals surface area contributed by atoms with Gasteiger partial charge in [0.25, 0.3) is 0 Å². The smallest absolute Gasteiger partial charge is 0.487 e.